The number of para-hydroxylation sites is 1. The van der Waals surface area contributed by atoms with Crippen LogP contribution in [0.3, 0.4) is 0 Å². The van der Waals surface area contributed by atoms with E-state index >= 15 is 0 Å². The summed E-state index contributed by atoms with van der Waals surface area (Å²) in [5.41, 5.74) is 4.24. The lowest BCUT2D eigenvalue weighted by Crippen LogP contribution is -2.44. The van der Waals surface area contributed by atoms with E-state index in [0.29, 0.717) is 6.42 Å². The van der Waals surface area contributed by atoms with Crippen LogP contribution in [0.25, 0.3) is 28.1 Å². The fraction of sp³-hybridized carbons (Fsp3) is 0.452. The monoisotopic (exact) mass is 523 g/mol. The molecule has 2 atom stereocenters. The average Bonchev–Trinajstić information content (AvgIpc) is 3.11. The van der Waals surface area contributed by atoms with Gasteiger partial charge in [-0.15, -0.1) is 0 Å². The Kier molecular flexibility index (Phi) is 8.86. The maximum atomic E-state index is 13.7. The summed E-state index contributed by atoms with van der Waals surface area (Å²) >= 11 is 0. The number of carboxylic acids is 1. The average molecular weight is 524 g/mol. The summed E-state index contributed by atoms with van der Waals surface area (Å²) in [6, 6.07) is 15.2. The Bertz CT molecular complexity index is 1250. The molecular formula is C31H42FNO3Si. The van der Waals surface area contributed by atoms with E-state index < -0.39 is 14.3 Å². The zero-order chi connectivity index (χ0) is 27.5. The van der Waals surface area contributed by atoms with Gasteiger partial charge in [-0.3, -0.25) is 4.79 Å². The topological polar surface area (TPSA) is 51.5 Å². The maximum absolute atomic E-state index is 13.7. The van der Waals surface area contributed by atoms with Crippen molar-refractivity contribution in [2.24, 2.45) is 5.92 Å². The van der Waals surface area contributed by atoms with E-state index in [1.54, 1.807) is 0 Å². The molecule has 2 aromatic carbocycles. The molecule has 0 aliphatic rings. The minimum Gasteiger partial charge on any atom is -0.481 e. The van der Waals surface area contributed by atoms with Crippen molar-refractivity contribution in [2.75, 3.05) is 0 Å². The van der Waals surface area contributed by atoms with Crippen molar-refractivity contribution in [3.05, 3.63) is 66.1 Å². The third-order valence-electron chi connectivity index (χ3n) is 7.48. The van der Waals surface area contributed by atoms with Crippen molar-refractivity contribution < 1.29 is 18.7 Å². The molecule has 6 heteroatoms. The minimum absolute atomic E-state index is 0.00221. The molecule has 1 heterocycles. The molecule has 0 bridgehead atoms. The fourth-order valence-electron chi connectivity index (χ4n) is 4.63. The molecule has 0 spiro atoms. The highest BCUT2D eigenvalue weighted by Gasteiger charge is 2.39. The van der Waals surface area contributed by atoms with Crippen molar-refractivity contribution in [2.45, 2.75) is 84.7 Å². The number of hydrogen-bond donors (Lipinski definition) is 1. The molecule has 0 aliphatic heterocycles. The van der Waals surface area contributed by atoms with Gasteiger partial charge < -0.3 is 14.1 Å². The lowest BCUT2D eigenvalue weighted by molar-refractivity contribution is -0.139. The molecular weight excluding hydrogens is 481 g/mol. The number of rotatable bonds is 10. The number of hydrogen-bond acceptors (Lipinski definition) is 2. The van der Waals surface area contributed by atoms with Crippen LogP contribution in [0.4, 0.5) is 4.39 Å². The molecule has 0 unspecified atom stereocenters. The number of aromatic nitrogens is 1. The third-order valence-corrected chi connectivity index (χ3v) is 12.0. The van der Waals surface area contributed by atoms with Crippen LogP contribution < -0.4 is 0 Å². The summed E-state index contributed by atoms with van der Waals surface area (Å²) in [6.07, 6.45) is 4.59. The van der Waals surface area contributed by atoms with Gasteiger partial charge >= 0.3 is 5.97 Å². The smallest absolute Gasteiger partial charge is 0.305 e. The standard InChI is InChI=1S/C31H42FNO3Si/c1-21(2)33-27-12-10-9-11-26(27)30(23-14-16-24(32)17-15-23)28(33)18-13-22(3)19-25(20-29(34)35)36-37(7,8)31(4,5)6/h9-18,21-22,25H,19-20H2,1-8H3,(H,34,35)/b18-13+/t22-,25-/m0/s1. The second-order valence-corrected chi connectivity index (χ2v) is 16.7. The third kappa shape index (κ3) is 6.79. The molecule has 0 amide bonds. The minimum atomic E-state index is -2.11. The van der Waals surface area contributed by atoms with Crippen molar-refractivity contribution in [1.82, 2.24) is 4.57 Å². The van der Waals surface area contributed by atoms with Gasteiger partial charge in [0, 0.05) is 28.2 Å². The molecule has 0 radical (unpaired) electrons. The molecule has 0 aliphatic carbocycles. The summed E-state index contributed by atoms with van der Waals surface area (Å²) in [6.45, 7) is 17.3. The van der Waals surface area contributed by atoms with Gasteiger partial charge in [-0.2, -0.15) is 0 Å². The fourth-order valence-corrected chi connectivity index (χ4v) is 6.00. The highest BCUT2D eigenvalue weighted by molar-refractivity contribution is 6.74. The Morgan fingerprint density at radius 1 is 1.08 bits per heavy atom. The lowest BCUT2D eigenvalue weighted by Gasteiger charge is -2.39. The van der Waals surface area contributed by atoms with Gasteiger partial charge in [0.2, 0.25) is 0 Å². The van der Waals surface area contributed by atoms with Crippen LogP contribution in [0.15, 0.2) is 54.6 Å². The van der Waals surface area contributed by atoms with Crippen LogP contribution in [0.5, 0.6) is 0 Å². The largest absolute Gasteiger partial charge is 0.481 e. The highest BCUT2D eigenvalue weighted by Crippen LogP contribution is 2.40. The first-order valence-corrected chi connectivity index (χ1v) is 16.1. The number of carbonyl (C=O) groups is 1. The molecule has 1 N–H and O–H groups in total. The lowest BCUT2D eigenvalue weighted by atomic mass is 9.98. The number of allylic oxidation sites excluding steroid dienone is 1. The second kappa shape index (κ2) is 11.4. The van der Waals surface area contributed by atoms with E-state index in [1.165, 1.54) is 12.1 Å². The number of nitrogens with zero attached hydrogens (tertiary/aromatic N) is 1. The summed E-state index contributed by atoms with van der Waals surface area (Å²) in [4.78, 5) is 11.6. The van der Waals surface area contributed by atoms with Crippen LogP contribution in [0, 0.1) is 11.7 Å². The number of fused-ring (bicyclic) bond motifs is 1. The molecule has 4 nitrogen and oxygen atoms in total. The van der Waals surface area contributed by atoms with Gasteiger partial charge in [-0.25, -0.2) is 4.39 Å². The molecule has 0 fully saturated rings. The first kappa shape index (κ1) is 28.9. The predicted octanol–water partition coefficient (Wildman–Crippen LogP) is 8.93. The van der Waals surface area contributed by atoms with Crippen molar-refractivity contribution in [3.8, 4) is 11.1 Å². The van der Waals surface area contributed by atoms with Gasteiger partial charge in [0.25, 0.3) is 0 Å². The van der Waals surface area contributed by atoms with Crippen LogP contribution in [0.2, 0.25) is 18.1 Å². The van der Waals surface area contributed by atoms with Gasteiger partial charge in [0.05, 0.1) is 12.5 Å². The zero-order valence-corrected chi connectivity index (χ0v) is 24.5. The van der Waals surface area contributed by atoms with Crippen molar-refractivity contribution in [1.29, 1.82) is 0 Å². The van der Waals surface area contributed by atoms with Crippen LogP contribution in [-0.2, 0) is 9.22 Å². The summed E-state index contributed by atoms with van der Waals surface area (Å²) < 4.78 is 22.6. The van der Waals surface area contributed by atoms with E-state index in [-0.39, 0.29) is 35.3 Å². The van der Waals surface area contributed by atoms with Gasteiger partial charge in [0.15, 0.2) is 8.32 Å². The molecule has 37 heavy (non-hydrogen) atoms. The van der Waals surface area contributed by atoms with E-state index in [9.17, 15) is 14.3 Å². The Labute approximate surface area is 222 Å². The number of aliphatic carboxylic acids is 1. The molecule has 1 aromatic heterocycles. The quantitative estimate of drug-likeness (QED) is 0.270. The molecule has 3 rings (SSSR count). The first-order chi connectivity index (χ1) is 17.2. The van der Waals surface area contributed by atoms with Gasteiger partial charge in [0.1, 0.15) is 5.82 Å². The van der Waals surface area contributed by atoms with Crippen LogP contribution in [-0.4, -0.2) is 30.1 Å². The van der Waals surface area contributed by atoms with Crippen molar-refractivity contribution >= 4 is 31.3 Å². The summed E-state index contributed by atoms with van der Waals surface area (Å²) in [5, 5.41) is 10.7. The van der Waals surface area contributed by atoms with Crippen molar-refractivity contribution in [3.63, 3.8) is 0 Å². The first-order valence-electron chi connectivity index (χ1n) is 13.2. The SMILES string of the molecule is CC(C)n1c(/C=C/[C@H](C)C[C@@H](CC(=O)O)O[Si](C)(C)C(C)(C)C)c(-c2ccc(F)cc2)c2ccccc21. The zero-order valence-electron chi connectivity index (χ0n) is 23.5. The molecule has 3 aromatic rings. The summed E-state index contributed by atoms with van der Waals surface area (Å²) in [5.74, 6) is -0.986. The highest BCUT2D eigenvalue weighted by atomic mass is 28.4. The van der Waals surface area contributed by atoms with E-state index in [4.69, 9.17) is 4.43 Å². The summed E-state index contributed by atoms with van der Waals surface area (Å²) in [7, 11) is -2.11. The van der Waals surface area contributed by atoms with Crippen LogP contribution in [0.1, 0.15) is 66.1 Å². The van der Waals surface area contributed by atoms with E-state index in [1.807, 2.05) is 24.3 Å². The number of benzene rings is 2. The van der Waals surface area contributed by atoms with Gasteiger partial charge in [-0.1, -0.05) is 64.1 Å². The van der Waals surface area contributed by atoms with E-state index in [0.717, 1.165) is 27.7 Å². The second-order valence-electron chi connectivity index (χ2n) is 11.9. The molecule has 200 valence electrons. The Morgan fingerprint density at radius 2 is 1.70 bits per heavy atom. The normalized spacial score (nSPS) is 14.5. The predicted molar refractivity (Wildman–Crippen MR) is 155 cm³/mol. The Balaban J connectivity index is 2.00. The maximum Gasteiger partial charge on any atom is 0.305 e. The van der Waals surface area contributed by atoms with Crippen LogP contribution >= 0.6 is 0 Å². The van der Waals surface area contributed by atoms with Gasteiger partial charge in [-0.05, 0) is 74.2 Å². The van der Waals surface area contributed by atoms with E-state index in [2.05, 4.69) is 83.5 Å². The number of carboxylic acid groups (broad SMARTS) is 1. The Morgan fingerprint density at radius 3 is 2.27 bits per heavy atom. The molecule has 0 saturated carbocycles. The Hall–Kier alpha value is -2.70. The number of halogens is 1. The molecule has 0 saturated heterocycles.